The van der Waals surface area contributed by atoms with E-state index >= 15 is 0 Å². The van der Waals surface area contributed by atoms with E-state index < -0.39 is 0 Å². The molecule has 1 aromatic carbocycles. The molecule has 0 saturated carbocycles. The van der Waals surface area contributed by atoms with Crippen LogP contribution in [0, 0.1) is 12.8 Å². The molecule has 2 unspecified atom stereocenters. The lowest BCUT2D eigenvalue weighted by molar-refractivity contribution is -0.129. The summed E-state index contributed by atoms with van der Waals surface area (Å²) in [7, 11) is 0. The predicted molar refractivity (Wildman–Crippen MR) is 112 cm³/mol. The van der Waals surface area contributed by atoms with Gasteiger partial charge in [0.2, 0.25) is 11.8 Å². The van der Waals surface area contributed by atoms with Crippen molar-refractivity contribution in [2.45, 2.75) is 44.7 Å². The third-order valence-corrected chi connectivity index (χ3v) is 6.67. The second-order valence-corrected chi connectivity index (χ2v) is 8.74. The minimum absolute atomic E-state index is 0.0664. The SMILES string of the molecule is Cc1ccc(N2C(=O)CCC(C(=O)N[C@H]3CCCNC3)C2c2cccs2)cc1. The van der Waals surface area contributed by atoms with Gasteiger partial charge in [0.05, 0.1) is 12.0 Å². The lowest BCUT2D eigenvalue weighted by Crippen LogP contribution is -2.52. The highest BCUT2D eigenvalue weighted by Crippen LogP contribution is 2.41. The zero-order chi connectivity index (χ0) is 19.5. The predicted octanol–water partition coefficient (Wildman–Crippen LogP) is 3.41. The average Bonchev–Trinajstić information content (AvgIpc) is 3.24. The first-order chi connectivity index (χ1) is 13.6. The van der Waals surface area contributed by atoms with Crippen molar-refractivity contribution < 1.29 is 9.59 Å². The van der Waals surface area contributed by atoms with Crippen molar-refractivity contribution in [3.63, 3.8) is 0 Å². The molecule has 0 spiro atoms. The maximum Gasteiger partial charge on any atom is 0.227 e. The maximum atomic E-state index is 13.2. The van der Waals surface area contributed by atoms with Crippen LogP contribution in [0.4, 0.5) is 5.69 Å². The van der Waals surface area contributed by atoms with Gasteiger partial charge >= 0.3 is 0 Å². The summed E-state index contributed by atoms with van der Waals surface area (Å²) in [4.78, 5) is 29.1. The summed E-state index contributed by atoms with van der Waals surface area (Å²) < 4.78 is 0. The Labute approximate surface area is 170 Å². The van der Waals surface area contributed by atoms with Crippen LogP contribution in [0.25, 0.3) is 0 Å². The first-order valence-electron chi connectivity index (χ1n) is 10.1. The number of anilines is 1. The fourth-order valence-electron chi connectivity index (χ4n) is 4.25. The summed E-state index contributed by atoms with van der Waals surface area (Å²) in [6.45, 7) is 3.87. The molecule has 0 aliphatic carbocycles. The summed E-state index contributed by atoms with van der Waals surface area (Å²) in [6, 6.07) is 12.0. The molecule has 28 heavy (non-hydrogen) atoms. The smallest absolute Gasteiger partial charge is 0.227 e. The van der Waals surface area contributed by atoms with Gasteiger partial charge in [-0.1, -0.05) is 23.8 Å². The number of hydrogen-bond acceptors (Lipinski definition) is 4. The van der Waals surface area contributed by atoms with E-state index in [1.165, 1.54) is 0 Å². The van der Waals surface area contributed by atoms with Crippen LogP contribution in [0.1, 0.15) is 42.2 Å². The van der Waals surface area contributed by atoms with E-state index in [0.717, 1.165) is 42.1 Å². The Hall–Kier alpha value is -2.18. The fraction of sp³-hybridized carbons (Fsp3) is 0.455. The molecule has 2 fully saturated rings. The molecule has 2 N–H and O–H groups in total. The van der Waals surface area contributed by atoms with Crippen LogP contribution in [0.3, 0.4) is 0 Å². The Bertz CT molecular complexity index is 813. The molecule has 2 aliphatic rings. The number of amides is 2. The molecule has 2 saturated heterocycles. The normalized spacial score (nSPS) is 25.5. The molecule has 0 radical (unpaired) electrons. The second-order valence-electron chi connectivity index (χ2n) is 7.76. The van der Waals surface area contributed by atoms with E-state index in [-0.39, 0.29) is 29.8 Å². The highest BCUT2D eigenvalue weighted by molar-refractivity contribution is 7.10. The van der Waals surface area contributed by atoms with Crippen LogP contribution in [-0.4, -0.2) is 30.9 Å². The summed E-state index contributed by atoms with van der Waals surface area (Å²) in [5.74, 6) is -0.0815. The Morgan fingerprint density at radius 2 is 2.04 bits per heavy atom. The number of carbonyl (C=O) groups is 2. The number of nitrogens with one attached hydrogen (secondary N) is 2. The van der Waals surface area contributed by atoms with Crippen molar-refractivity contribution in [2.24, 2.45) is 5.92 Å². The monoisotopic (exact) mass is 397 g/mol. The van der Waals surface area contributed by atoms with Gasteiger partial charge in [0, 0.05) is 29.6 Å². The van der Waals surface area contributed by atoms with Gasteiger partial charge in [-0.3, -0.25) is 9.59 Å². The van der Waals surface area contributed by atoms with Crippen molar-refractivity contribution in [3.8, 4) is 0 Å². The summed E-state index contributed by atoms with van der Waals surface area (Å²) in [5, 5.41) is 8.61. The number of carbonyl (C=O) groups excluding carboxylic acids is 2. The van der Waals surface area contributed by atoms with E-state index in [2.05, 4.69) is 10.6 Å². The van der Waals surface area contributed by atoms with Gasteiger partial charge in [-0.05, 0) is 56.3 Å². The van der Waals surface area contributed by atoms with Crippen molar-refractivity contribution in [2.75, 3.05) is 18.0 Å². The van der Waals surface area contributed by atoms with Gasteiger partial charge in [-0.2, -0.15) is 0 Å². The zero-order valence-corrected chi connectivity index (χ0v) is 17.0. The van der Waals surface area contributed by atoms with E-state index in [1.807, 2.05) is 53.6 Å². The third kappa shape index (κ3) is 3.98. The van der Waals surface area contributed by atoms with Crippen LogP contribution in [0.15, 0.2) is 41.8 Å². The highest BCUT2D eigenvalue weighted by Gasteiger charge is 2.42. The Morgan fingerprint density at radius 3 is 2.71 bits per heavy atom. The molecular weight excluding hydrogens is 370 g/mol. The fourth-order valence-corrected chi connectivity index (χ4v) is 5.13. The first-order valence-corrected chi connectivity index (χ1v) is 10.9. The Kier molecular flexibility index (Phi) is 5.78. The molecule has 148 valence electrons. The molecule has 4 rings (SSSR count). The van der Waals surface area contributed by atoms with Crippen molar-refractivity contribution in [3.05, 3.63) is 52.2 Å². The highest BCUT2D eigenvalue weighted by atomic mass is 32.1. The molecule has 0 bridgehead atoms. The molecular formula is C22H27N3O2S. The minimum Gasteiger partial charge on any atom is -0.352 e. The van der Waals surface area contributed by atoms with Crippen molar-refractivity contribution >= 4 is 28.8 Å². The van der Waals surface area contributed by atoms with Crippen molar-refractivity contribution in [1.29, 1.82) is 0 Å². The second kappa shape index (κ2) is 8.45. The molecule has 3 atom stereocenters. The largest absolute Gasteiger partial charge is 0.352 e. The standard InChI is InChI=1S/C22H27N3O2S/c1-15-6-8-17(9-7-15)25-20(26)11-10-18(21(25)19-5-3-13-28-19)22(27)24-16-4-2-12-23-14-16/h3,5-9,13,16,18,21,23H,2,4,10-12,14H2,1H3,(H,24,27)/t16-,18?,21?/m0/s1. The summed E-state index contributed by atoms with van der Waals surface area (Å²) in [6.07, 6.45) is 3.08. The summed E-state index contributed by atoms with van der Waals surface area (Å²) >= 11 is 1.61. The molecule has 5 nitrogen and oxygen atoms in total. The molecule has 2 amide bonds. The topological polar surface area (TPSA) is 61.4 Å². The van der Waals surface area contributed by atoms with Gasteiger partial charge in [0.1, 0.15) is 0 Å². The molecule has 2 aromatic rings. The zero-order valence-electron chi connectivity index (χ0n) is 16.2. The lowest BCUT2D eigenvalue weighted by Gasteiger charge is -2.40. The van der Waals surface area contributed by atoms with E-state index in [4.69, 9.17) is 0 Å². The van der Waals surface area contributed by atoms with E-state index in [9.17, 15) is 9.59 Å². The van der Waals surface area contributed by atoms with Gasteiger partial charge in [0.15, 0.2) is 0 Å². The third-order valence-electron chi connectivity index (χ3n) is 5.72. The van der Waals surface area contributed by atoms with Gasteiger partial charge in [0.25, 0.3) is 0 Å². The number of piperidine rings is 2. The minimum atomic E-state index is -0.250. The van der Waals surface area contributed by atoms with Crippen LogP contribution < -0.4 is 15.5 Å². The van der Waals surface area contributed by atoms with Crippen molar-refractivity contribution in [1.82, 2.24) is 10.6 Å². The number of thiophene rings is 1. The number of rotatable bonds is 4. The number of benzene rings is 1. The molecule has 3 heterocycles. The number of nitrogens with zero attached hydrogens (tertiary/aromatic N) is 1. The first kappa shape index (κ1) is 19.2. The van der Waals surface area contributed by atoms with Gasteiger partial charge < -0.3 is 15.5 Å². The molecule has 6 heteroatoms. The molecule has 1 aromatic heterocycles. The average molecular weight is 398 g/mol. The van der Waals surface area contributed by atoms with E-state index in [0.29, 0.717) is 12.8 Å². The number of hydrogen-bond donors (Lipinski definition) is 2. The Balaban J connectivity index is 1.64. The van der Waals surface area contributed by atoms with Crippen LogP contribution in [0.2, 0.25) is 0 Å². The van der Waals surface area contributed by atoms with Crippen LogP contribution >= 0.6 is 11.3 Å². The van der Waals surface area contributed by atoms with Crippen LogP contribution in [0.5, 0.6) is 0 Å². The quantitative estimate of drug-likeness (QED) is 0.831. The van der Waals surface area contributed by atoms with Crippen LogP contribution in [-0.2, 0) is 9.59 Å². The Morgan fingerprint density at radius 1 is 1.21 bits per heavy atom. The maximum absolute atomic E-state index is 13.2. The summed E-state index contributed by atoms with van der Waals surface area (Å²) in [5.41, 5.74) is 2.02. The molecule has 2 aliphatic heterocycles. The number of aryl methyl sites for hydroxylation is 1. The lowest BCUT2D eigenvalue weighted by atomic mass is 9.86. The van der Waals surface area contributed by atoms with E-state index in [1.54, 1.807) is 11.3 Å². The van der Waals surface area contributed by atoms with Gasteiger partial charge in [-0.15, -0.1) is 11.3 Å². The van der Waals surface area contributed by atoms with Gasteiger partial charge in [-0.25, -0.2) is 0 Å².